The van der Waals surface area contributed by atoms with Crippen molar-refractivity contribution < 1.29 is 23.1 Å². The number of anilines is 1. The molecule has 0 aliphatic rings. The lowest BCUT2D eigenvalue weighted by Crippen LogP contribution is -2.38. The molecule has 0 spiro atoms. The number of rotatable bonds is 15. The summed E-state index contributed by atoms with van der Waals surface area (Å²) in [5.74, 6) is 1.44. The lowest BCUT2D eigenvalue weighted by atomic mass is 9.77. The second-order valence-corrected chi connectivity index (χ2v) is 12.3. The number of nitrogens with one attached hydrogen (secondary N) is 1. The molecule has 0 fully saturated rings. The Morgan fingerprint density at radius 2 is 1.43 bits per heavy atom. The molecule has 9 nitrogen and oxygen atoms in total. The molecule has 1 atom stereocenters. The highest BCUT2D eigenvalue weighted by molar-refractivity contribution is 7.53. The van der Waals surface area contributed by atoms with Crippen molar-refractivity contribution in [2.75, 3.05) is 32.0 Å². The van der Waals surface area contributed by atoms with E-state index in [-0.39, 0.29) is 25.7 Å². The minimum absolute atomic E-state index is 0.112. The average molecular weight is 615 g/mol. The van der Waals surface area contributed by atoms with Crippen LogP contribution in [0.1, 0.15) is 43.2 Å². The molecule has 0 amide bonds. The topological polar surface area (TPSA) is 96.2 Å². The average Bonchev–Trinajstić information content (AvgIpc) is 3.47. The number of aromatic nitrogens is 3. The molecule has 0 bridgehead atoms. The van der Waals surface area contributed by atoms with Crippen LogP contribution in [0.4, 0.5) is 5.82 Å². The molecular weight excluding hydrogens is 575 g/mol. The highest BCUT2D eigenvalue weighted by atomic mass is 31.2. The van der Waals surface area contributed by atoms with E-state index in [1.807, 2.05) is 72.1 Å². The van der Waals surface area contributed by atoms with Crippen LogP contribution in [-0.4, -0.2) is 47.4 Å². The van der Waals surface area contributed by atoms with Crippen LogP contribution >= 0.6 is 7.60 Å². The van der Waals surface area contributed by atoms with E-state index in [1.54, 1.807) is 27.3 Å². The molecule has 44 heavy (non-hydrogen) atoms. The van der Waals surface area contributed by atoms with Crippen LogP contribution in [0.2, 0.25) is 0 Å². The molecule has 0 aliphatic carbocycles. The summed E-state index contributed by atoms with van der Waals surface area (Å²) in [5.41, 5.74) is 4.08. The van der Waals surface area contributed by atoms with E-state index >= 15 is 0 Å². The Kier molecular flexibility index (Phi) is 10.1. The summed E-state index contributed by atoms with van der Waals surface area (Å²) in [6.45, 7) is 6.07. The molecule has 3 aromatic carbocycles. The van der Waals surface area contributed by atoms with Gasteiger partial charge in [-0.15, -0.1) is 0 Å². The van der Waals surface area contributed by atoms with Gasteiger partial charge >= 0.3 is 7.60 Å². The van der Waals surface area contributed by atoms with Crippen LogP contribution in [0.15, 0.2) is 103 Å². The van der Waals surface area contributed by atoms with E-state index in [2.05, 4.69) is 46.8 Å². The van der Waals surface area contributed by atoms with Crippen LogP contribution in [0.25, 0.3) is 5.52 Å². The van der Waals surface area contributed by atoms with Gasteiger partial charge in [0.05, 0.1) is 26.4 Å². The van der Waals surface area contributed by atoms with Crippen LogP contribution in [0, 0.1) is 0 Å². The predicted molar refractivity (Wildman–Crippen MR) is 172 cm³/mol. The maximum atomic E-state index is 12.9. The number of hydrogen-bond donors (Lipinski definition) is 1. The van der Waals surface area contributed by atoms with E-state index in [9.17, 15) is 4.57 Å². The van der Waals surface area contributed by atoms with Crippen molar-refractivity contribution in [3.63, 3.8) is 0 Å². The van der Waals surface area contributed by atoms with Crippen molar-refractivity contribution in [3.8, 4) is 5.75 Å². The van der Waals surface area contributed by atoms with Gasteiger partial charge in [-0.3, -0.25) is 4.57 Å². The third-order valence-corrected chi connectivity index (χ3v) is 9.21. The zero-order chi connectivity index (χ0) is 31.0. The largest absolute Gasteiger partial charge is 0.497 e. The van der Waals surface area contributed by atoms with Gasteiger partial charge in [0.1, 0.15) is 29.5 Å². The number of hydrogen-bond acceptors (Lipinski definition) is 8. The SMILES string of the molecule is CCOP(=O)(CO[C@H](C)Cc1ccc2c(NC(c3ccccc3)(c3ccccc3)c3ccc(OC)cc3)ncnn12)OCC. The van der Waals surface area contributed by atoms with E-state index in [4.69, 9.17) is 23.5 Å². The standard InChI is InChI=1S/C34H39N4O5P/c1-5-42-44(39,43-6-2)25-41-26(3)23-30-19-22-32-33(35-24-36-38(30)32)37-34(27-13-9-7-10-14-27,28-15-11-8-12-16-28)29-17-20-31(40-4)21-18-29/h7-22,24,26H,5-6,23,25H2,1-4H3,(H,35,36,37)/t26-/m1/s1. The zero-order valence-corrected chi connectivity index (χ0v) is 26.4. The number of fused-ring (bicyclic) bond motifs is 1. The van der Waals surface area contributed by atoms with Crippen LogP contribution in [0.3, 0.4) is 0 Å². The minimum atomic E-state index is -3.31. The lowest BCUT2D eigenvalue weighted by molar-refractivity contribution is 0.0770. The fourth-order valence-electron chi connectivity index (χ4n) is 5.43. The molecule has 0 radical (unpaired) electrons. The number of methoxy groups -OCH3 is 1. The molecule has 1 N–H and O–H groups in total. The zero-order valence-electron chi connectivity index (χ0n) is 25.6. The molecule has 2 aromatic heterocycles. The van der Waals surface area contributed by atoms with Gasteiger partial charge in [-0.1, -0.05) is 72.8 Å². The Balaban J connectivity index is 1.52. The third kappa shape index (κ3) is 6.71. The first-order valence-electron chi connectivity index (χ1n) is 14.8. The van der Waals surface area contributed by atoms with Crippen molar-refractivity contribution in [1.29, 1.82) is 0 Å². The van der Waals surface area contributed by atoms with Crippen molar-refractivity contribution >= 4 is 18.9 Å². The molecule has 230 valence electrons. The van der Waals surface area contributed by atoms with Crippen molar-refractivity contribution in [2.45, 2.75) is 38.8 Å². The van der Waals surface area contributed by atoms with Gasteiger partial charge in [-0.25, -0.2) is 9.50 Å². The van der Waals surface area contributed by atoms with Gasteiger partial charge in [0.2, 0.25) is 0 Å². The molecule has 2 heterocycles. The second kappa shape index (κ2) is 14.2. The van der Waals surface area contributed by atoms with Gasteiger partial charge in [0.25, 0.3) is 0 Å². The van der Waals surface area contributed by atoms with E-state index in [0.717, 1.165) is 33.7 Å². The third-order valence-electron chi connectivity index (χ3n) is 7.44. The smallest absolute Gasteiger partial charge is 0.356 e. The van der Waals surface area contributed by atoms with Gasteiger partial charge in [0, 0.05) is 12.1 Å². The molecule has 0 saturated heterocycles. The molecular formula is C34H39N4O5P. The monoisotopic (exact) mass is 614 g/mol. The highest BCUT2D eigenvalue weighted by Crippen LogP contribution is 2.48. The quantitative estimate of drug-likeness (QED) is 0.0969. The van der Waals surface area contributed by atoms with E-state index in [1.165, 1.54) is 0 Å². The summed E-state index contributed by atoms with van der Waals surface area (Å²) < 4.78 is 36.9. The molecule has 0 aliphatic heterocycles. The Morgan fingerprint density at radius 1 is 0.841 bits per heavy atom. The molecule has 0 unspecified atom stereocenters. The van der Waals surface area contributed by atoms with Gasteiger partial charge in [-0.2, -0.15) is 5.10 Å². The van der Waals surface area contributed by atoms with Crippen molar-refractivity contribution in [1.82, 2.24) is 14.6 Å². The van der Waals surface area contributed by atoms with Crippen LogP contribution < -0.4 is 10.1 Å². The Hall–Kier alpha value is -4.01. The first-order valence-corrected chi connectivity index (χ1v) is 16.5. The summed E-state index contributed by atoms with van der Waals surface area (Å²) in [5, 5.41) is 8.43. The lowest BCUT2D eigenvalue weighted by Gasteiger charge is -2.37. The van der Waals surface area contributed by atoms with Crippen LogP contribution in [-0.2, 0) is 30.3 Å². The Morgan fingerprint density at radius 3 is 2.00 bits per heavy atom. The van der Waals surface area contributed by atoms with E-state index in [0.29, 0.717) is 12.2 Å². The Bertz CT molecular complexity index is 1630. The summed E-state index contributed by atoms with van der Waals surface area (Å²) in [7, 11) is -1.64. The molecule has 5 aromatic rings. The van der Waals surface area contributed by atoms with Crippen molar-refractivity contribution in [3.05, 3.63) is 126 Å². The number of ether oxygens (including phenoxy) is 2. The summed E-state index contributed by atoms with van der Waals surface area (Å²) >= 11 is 0. The maximum absolute atomic E-state index is 12.9. The minimum Gasteiger partial charge on any atom is -0.497 e. The maximum Gasteiger partial charge on any atom is 0.356 e. The Labute approximate surface area is 258 Å². The number of benzene rings is 3. The first kappa shape index (κ1) is 31.4. The van der Waals surface area contributed by atoms with E-state index < -0.39 is 13.1 Å². The predicted octanol–water partition coefficient (Wildman–Crippen LogP) is 7.31. The second-order valence-electron chi connectivity index (χ2n) is 10.3. The van der Waals surface area contributed by atoms with Gasteiger partial charge in [-0.05, 0) is 61.7 Å². The molecule has 5 rings (SSSR count). The summed E-state index contributed by atoms with van der Waals surface area (Å²) in [6.07, 6.45) is 1.71. The van der Waals surface area contributed by atoms with Crippen molar-refractivity contribution in [2.24, 2.45) is 0 Å². The normalized spacial score (nSPS) is 12.7. The fraction of sp³-hybridized carbons (Fsp3) is 0.294. The van der Waals surface area contributed by atoms with Gasteiger partial charge < -0.3 is 23.8 Å². The molecule has 0 saturated carbocycles. The van der Waals surface area contributed by atoms with Gasteiger partial charge in [0.15, 0.2) is 5.82 Å². The number of nitrogens with zero attached hydrogens (tertiary/aromatic N) is 3. The summed E-state index contributed by atoms with van der Waals surface area (Å²) in [4.78, 5) is 4.74. The fourth-order valence-corrected chi connectivity index (χ4v) is 6.87. The highest BCUT2D eigenvalue weighted by Gasteiger charge is 2.37. The summed E-state index contributed by atoms with van der Waals surface area (Å²) in [6, 6.07) is 32.8. The molecule has 10 heteroatoms. The van der Waals surface area contributed by atoms with Crippen LogP contribution in [0.5, 0.6) is 5.75 Å². The first-order chi connectivity index (χ1) is 21.4.